The van der Waals surface area contributed by atoms with Crippen LogP contribution in [-0.4, -0.2) is 42.5 Å². The number of carbonyl (C=O) groups excluding carboxylic acids is 1. The van der Waals surface area contributed by atoms with Crippen molar-refractivity contribution in [1.82, 2.24) is 5.32 Å². The lowest BCUT2D eigenvalue weighted by atomic mass is 9.93. The maximum atomic E-state index is 11.5. The fourth-order valence-corrected chi connectivity index (χ4v) is 3.07. The molecule has 0 aromatic heterocycles. The van der Waals surface area contributed by atoms with Crippen LogP contribution in [-0.2, 0) is 22.4 Å². The van der Waals surface area contributed by atoms with Crippen molar-refractivity contribution in [2.75, 3.05) is 20.8 Å². The van der Waals surface area contributed by atoms with E-state index in [-0.39, 0.29) is 23.7 Å². The Hall–Kier alpha value is -2.57. The van der Waals surface area contributed by atoms with Gasteiger partial charge < -0.3 is 25.0 Å². The zero-order valence-electron chi connectivity index (χ0n) is 16.9. The number of phenolic OH excluding ortho intramolecular Hbond substituents is 1. The van der Waals surface area contributed by atoms with E-state index in [4.69, 9.17) is 9.47 Å². The molecule has 2 aromatic carbocycles. The third kappa shape index (κ3) is 6.55. The second-order valence-electron chi connectivity index (χ2n) is 7.49. The van der Waals surface area contributed by atoms with Crippen molar-refractivity contribution in [3.05, 3.63) is 59.2 Å². The molecule has 0 saturated carbocycles. The van der Waals surface area contributed by atoms with Crippen LogP contribution in [0.3, 0.4) is 0 Å². The summed E-state index contributed by atoms with van der Waals surface area (Å²) in [5, 5.41) is 23.6. The number of phenols is 1. The van der Waals surface area contributed by atoms with Crippen LogP contribution < -0.4 is 10.1 Å². The number of aliphatic hydroxyl groups is 1. The Morgan fingerprint density at radius 3 is 2.54 bits per heavy atom. The summed E-state index contributed by atoms with van der Waals surface area (Å²) < 4.78 is 9.85. The number of rotatable bonds is 9. The summed E-state index contributed by atoms with van der Waals surface area (Å²) in [6.07, 6.45) is 0.180. The van der Waals surface area contributed by atoms with Gasteiger partial charge in [0, 0.05) is 18.2 Å². The molecule has 3 N–H and O–H groups in total. The van der Waals surface area contributed by atoms with Crippen molar-refractivity contribution in [3.63, 3.8) is 0 Å². The van der Waals surface area contributed by atoms with Crippen molar-refractivity contribution in [3.8, 4) is 11.5 Å². The molecule has 1 unspecified atom stereocenters. The zero-order chi connectivity index (χ0) is 20.7. The van der Waals surface area contributed by atoms with Crippen molar-refractivity contribution in [2.45, 2.75) is 38.3 Å². The zero-order valence-corrected chi connectivity index (χ0v) is 16.9. The van der Waals surface area contributed by atoms with Gasteiger partial charge in [0.1, 0.15) is 11.5 Å². The first kappa shape index (κ1) is 21.7. The highest BCUT2D eigenvalue weighted by Gasteiger charge is 2.20. The minimum atomic E-state index is -0.786. The van der Waals surface area contributed by atoms with Gasteiger partial charge in [0.15, 0.2) is 0 Å². The molecular formula is C22H29NO5. The summed E-state index contributed by atoms with van der Waals surface area (Å²) in [5.41, 5.74) is 2.30. The number of ether oxygens (including phenoxy) is 2. The third-order valence-electron chi connectivity index (χ3n) is 4.52. The van der Waals surface area contributed by atoms with Crippen molar-refractivity contribution >= 4 is 5.97 Å². The fourth-order valence-electron chi connectivity index (χ4n) is 3.07. The molecule has 0 aliphatic heterocycles. The molecule has 0 spiro atoms. The molecule has 0 radical (unpaired) electrons. The number of carbonyl (C=O) groups is 1. The summed E-state index contributed by atoms with van der Waals surface area (Å²) >= 11 is 0. The molecule has 0 aliphatic rings. The number of benzene rings is 2. The Morgan fingerprint density at radius 2 is 1.86 bits per heavy atom. The van der Waals surface area contributed by atoms with Gasteiger partial charge in [-0.1, -0.05) is 24.3 Å². The first-order valence-electron chi connectivity index (χ1n) is 9.18. The van der Waals surface area contributed by atoms with E-state index in [1.807, 2.05) is 24.3 Å². The minimum Gasteiger partial charge on any atom is -0.508 e. The number of methoxy groups -OCH3 is 2. The number of aromatic hydroxyl groups is 1. The highest BCUT2D eigenvalue weighted by molar-refractivity contribution is 5.72. The molecule has 28 heavy (non-hydrogen) atoms. The molecule has 0 amide bonds. The van der Waals surface area contributed by atoms with E-state index >= 15 is 0 Å². The summed E-state index contributed by atoms with van der Waals surface area (Å²) in [6, 6.07) is 12.6. The quantitative estimate of drug-likeness (QED) is 0.574. The van der Waals surface area contributed by atoms with Crippen LogP contribution in [0.15, 0.2) is 42.5 Å². The molecule has 6 nitrogen and oxygen atoms in total. The Bertz CT molecular complexity index is 803. The summed E-state index contributed by atoms with van der Waals surface area (Å²) in [4.78, 5) is 11.5. The predicted octanol–water partition coefficient (Wildman–Crippen LogP) is 2.76. The maximum absolute atomic E-state index is 11.5. The van der Waals surface area contributed by atoms with Crippen molar-refractivity contribution < 1.29 is 24.5 Å². The van der Waals surface area contributed by atoms with Crippen molar-refractivity contribution in [1.29, 1.82) is 0 Å². The largest absolute Gasteiger partial charge is 0.508 e. The lowest BCUT2D eigenvalue weighted by Gasteiger charge is -2.28. The second kappa shape index (κ2) is 9.57. The summed E-state index contributed by atoms with van der Waals surface area (Å²) in [6.45, 7) is 4.42. The van der Waals surface area contributed by atoms with Gasteiger partial charge >= 0.3 is 5.97 Å². The van der Waals surface area contributed by atoms with Gasteiger partial charge in [-0.05, 0) is 49.1 Å². The molecule has 0 saturated heterocycles. The van der Waals surface area contributed by atoms with Gasteiger partial charge in [-0.15, -0.1) is 0 Å². The first-order valence-corrected chi connectivity index (χ1v) is 9.18. The van der Waals surface area contributed by atoms with Crippen LogP contribution in [0.25, 0.3) is 0 Å². The van der Waals surface area contributed by atoms with Crippen LogP contribution in [0.5, 0.6) is 11.5 Å². The Labute approximate surface area is 166 Å². The normalized spacial score (nSPS) is 12.5. The highest BCUT2D eigenvalue weighted by Crippen LogP contribution is 2.26. The molecule has 0 bridgehead atoms. The molecule has 2 rings (SSSR count). The van der Waals surface area contributed by atoms with Crippen LogP contribution in [0.2, 0.25) is 0 Å². The lowest BCUT2D eigenvalue weighted by molar-refractivity contribution is -0.139. The standard InChI is InChI=1S/C22H29NO5/c1-22(2,13-16-7-5-6-15(8-16)9-21(26)28-4)23-14-20(25)17-10-18(24)12-19(11-17)27-3/h5-8,10-12,20,23-25H,9,13-14H2,1-4H3. The lowest BCUT2D eigenvalue weighted by Crippen LogP contribution is -2.43. The molecule has 0 heterocycles. The van der Waals surface area contributed by atoms with E-state index in [1.54, 1.807) is 6.07 Å². The average molecular weight is 387 g/mol. The Balaban J connectivity index is 1.99. The van der Waals surface area contributed by atoms with Gasteiger partial charge in [0.25, 0.3) is 0 Å². The van der Waals surface area contributed by atoms with Gasteiger partial charge in [-0.3, -0.25) is 4.79 Å². The molecule has 0 fully saturated rings. The molecule has 2 aromatic rings. The van der Waals surface area contributed by atoms with Crippen LogP contribution >= 0.6 is 0 Å². The Morgan fingerprint density at radius 1 is 1.14 bits per heavy atom. The minimum absolute atomic E-state index is 0.0510. The number of β-amino-alcohol motifs (C(OH)–C–C–N with tert-alkyl or cyclic N) is 1. The molecule has 0 aliphatic carbocycles. The first-order chi connectivity index (χ1) is 13.2. The van der Waals surface area contributed by atoms with E-state index in [0.29, 0.717) is 17.9 Å². The van der Waals surface area contributed by atoms with E-state index in [1.165, 1.54) is 26.4 Å². The highest BCUT2D eigenvalue weighted by atomic mass is 16.5. The number of hydrogen-bond donors (Lipinski definition) is 3. The topological polar surface area (TPSA) is 88.0 Å². The predicted molar refractivity (Wildman–Crippen MR) is 108 cm³/mol. The monoisotopic (exact) mass is 387 g/mol. The van der Waals surface area contributed by atoms with Crippen molar-refractivity contribution in [2.24, 2.45) is 0 Å². The third-order valence-corrected chi connectivity index (χ3v) is 4.52. The Kier molecular flexibility index (Phi) is 7.43. The number of aliphatic hydroxyl groups excluding tert-OH is 1. The SMILES string of the molecule is COC(=O)Cc1cccc(CC(C)(C)NCC(O)c2cc(O)cc(OC)c2)c1. The van der Waals surface area contributed by atoms with Gasteiger partial charge in [0.05, 0.1) is 26.7 Å². The second-order valence-corrected chi connectivity index (χ2v) is 7.49. The van der Waals surface area contributed by atoms with E-state index in [2.05, 4.69) is 19.2 Å². The van der Waals surface area contributed by atoms with Crippen LogP contribution in [0.1, 0.15) is 36.6 Å². The smallest absolute Gasteiger partial charge is 0.309 e. The van der Waals surface area contributed by atoms with E-state index < -0.39 is 6.10 Å². The van der Waals surface area contributed by atoms with Crippen LogP contribution in [0, 0.1) is 0 Å². The fraction of sp³-hybridized carbons (Fsp3) is 0.409. The van der Waals surface area contributed by atoms with Crippen LogP contribution in [0.4, 0.5) is 0 Å². The average Bonchev–Trinajstić information content (AvgIpc) is 2.65. The molecular weight excluding hydrogens is 358 g/mol. The molecule has 152 valence electrons. The van der Waals surface area contributed by atoms with E-state index in [0.717, 1.165) is 17.5 Å². The number of esters is 1. The number of hydrogen-bond acceptors (Lipinski definition) is 6. The van der Waals surface area contributed by atoms with E-state index in [9.17, 15) is 15.0 Å². The summed E-state index contributed by atoms with van der Waals surface area (Å²) in [7, 11) is 2.90. The number of nitrogens with one attached hydrogen (secondary N) is 1. The van der Waals surface area contributed by atoms with Gasteiger partial charge in [-0.2, -0.15) is 0 Å². The summed E-state index contributed by atoms with van der Waals surface area (Å²) in [5.74, 6) is 0.282. The van der Waals surface area contributed by atoms with Gasteiger partial charge in [0.2, 0.25) is 0 Å². The molecule has 6 heteroatoms. The maximum Gasteiger partial charge on any atom is 0.309 e. The van der Waals surface area contributed by atoms with Gasteiger partial charge in [-0.25, -0.2) is 0 Å². The molecule has 1 atom stereocenters.